The molecule has 0 aliphatic rings. The van der Waals surface area contributed by atoms with Crippen LogP contribution in [-0.4, -0.2) is 9.97 Å². The first-order chi connectivity index (χ1) is 22.3. The van der Waals surface area contributed by atoms with Crippen LogP contribution in [0.1, 0.15) is 0 Å². The van der Waals surface area contributed by atoms with Crippen molar-refractivity contribution in [2.45, 2.75) is 0 Å². The number of pyridine rings is 2. The Kier molecular flexibility index (Phi) is 5.19. The zero-order chi connectivity index (χ0) is 29.5. The Labute approximate surface area is 262 Å². The van der Waals surface area contributed by atoms with Crippen molar-refractivity contribution in [3.63, 3.8) is 0 Å². The third kappa shape index (κ3) is 3.75. The Bertz CT molecular complexity index is 2790. The average molecular weight is 589 g/mol. The van der Waals surface area contributed by atoms with Gasteiger partial charge in [-0.3, -0.25) is 0 Å². The molecule has 3 heteroatoms. The molecule has 0 saturated heterocycles. The monoisotopic (exact) mass is 588 g/mol. The van der Waals surface area contributed by atoms with Crippen molar-refractivity contribution in [1.82, 2.24) is 9.97 Å². The molecule has 45 heavy (non-hydrogen) atoms. The fourth-order valence-electron chi connectivity index (χ4n) is 7.04. The molecular formula is C42H24N2S. The summed E-state index contributed by atoms with van der Waals surface area (Å²) in [4.78, 5) is 10.5. The van der Waals surface area contributed by atoms with Crippen molar-refractivity contribution in [1.29, 1.82) is 0 Å². The van der Waals surface area contributed by atoms with Crippen LogP contribution in [0.3, 0.4) is 0 Å². The summed E-state index contributed by atoms with van der Waals surface area (Å²) in [6.45, 7) is 0. The van der Waals surface area contributed by atoms with Gasteiger partial charge in [0.2, 0.25) is 0 Å². The standard InChI is InChI=1S/C42H24N2S/c1-2-9-31-29(7-1)30-8-3-4-10-32(30)35-23-27(15-19-33(31)35)37-20-16-25-13-14-26-17-21-38(44-42(26)41(25)43-37)28-18-22-40-36(24-28)34-11-5-6-12-39(34)45-40/h1-24H. The number of fused-ring (bicyclic) bond motifs is 12. The zero-order valence-corrected chi connectivity index (χ0v) is 25.0. The lowest BCUT2D eigenvalue weighted by Gasteiger charge is -2.12. The van der Waals surface area contributed by atoms with Crippen molar-refractivity contribution in [3.05, 3.63) is 146 Å². The molecule has 0 N–H and O–H groups in total. The molecule has 0 saturated carbocycles. The number of aromatic nitrogens is 2. The summed E-state index contributed by atoms with van der Waals surface area (Å²) in [5, 5.41) is 12.4. The SMILES string of the molecule is c1ccc2c(c1)sc1ccc(-c3ccc4ccc5ccc(-c6ccc7c8ccccc8c8ccccc8c7c6)nc5c4n3)cc12. The molecule has 208 valence electrons. The van der Waals surface area contributed by atoms with Crippen LogP contribution in [-0.2, 0) is 0 Å². The number of thiophene rings is 1. The Balaban J connectivity index is 1.16. The summed E-state index contributed by atoms with van der Waals surface area (Å²) in [6.07, 6.45) is 0. The predicted molar refractivity (Wildman–Crippen MR) is 193 cm³/mol. The minimum atomic E-state index is 0.928. The summed E-state index contributed by atoms with van der Waals surface area (Å²) >= 11 is 1.84. The number of nitrogens with zero attached hydrogens (tertiary/aromatic N) is 2. The van der Waals surface area contributed by atoms with Gasteiger partial charge in [0.1, 0.15) is 0 Å². The highest BCUT2D eigenvalue weighted by Gasteiger charge is 2.13. The molecule has 2 nitrogen and oxygen atoms in total. The van der Waals surface area contributed by atoms with Gasteiger partial charge in [0.15, 0.2) is 0 Å². The van der Waals surface area contributed by atoms with Crippen LogP contribution >= 0.6 is 11.3 Å². The van der Waals surface area contributed by atoms with Gasteiger partial charge in [0.05, 0.1) is 22.4 Å². The van der Waals surface area contributed by atoms with Gasteiger partial charge in [-0.15, -0.1) is 11.3 Å². The van der Waals surface area contributed by atoms with Crippen LogP contribution in [0.15, 0.2) is 146 Å². The first-order valence-electron chi connectivity index (χ1n) is 15.2. The molecule has 0 spiro atoms. The van der Waals surface area contributed by atoms with E-state index in [1.54, 1.807) is 0 Å². The lowest BCUT2D eigenvalue weighted by Crippen LogP contribution is -1.91. The first kappa shape index (κ1) is 24.8. The van der Waals surface area contributed by atoms with Gasteiger partial charge in [0.25, 0.3) is 0 Å². The van der Waals surface area contributed by atoms with Crippen molar-refractivity contribution >= 4 is 85.6 Å². The third-order valence-corrected chi connectivity index (χ3v) is 10.4. The Morgan fingerprint density at radius 3 is 1.40 bits per heavy atom. The Morgan fingerprint density at radius 1 is 0.333 bits per heavy atom. The fourth-order valence-corrected chi connectivity index (χ4v) is 8.13. The first-order valence-corrected chi connectivity index (χ1v) is 16.1. The van der Waals surface area contributed by atoms with Gasteiger partial charge in [-0.25, -0.2) is 9.97 Å². The molecule has 3 heterocycles. The average Bonchev–Trinajstić information content (AvgIpc) is 3.49. The molecule has 0 aliphatic carbocycles. The van der Waals surface area contributed by atoms with E-state index in [1.165, 1.54) is 52.5 Å². The number of hydrogen-bond donors (Lipinski definition) is 0. The van der Waals surface area contributed by atoms with E-state index in [4.69, 9.17) is 9.97 Å². The van der Waals surface area contributed by atoms with Crippen LogP contribution < -0.4 is 0 Å². The molecule has 0 bridgehead atoms. The van der Waals surface area contributed by atoms with Crippen LogP contribution in [0.2, 0.25) is 0 Å². The van der Waals surface area contributed by atoms with E-state index >= 15 is 0 Å². The van der Waals surface area contributed by atoms with E-state index in [2.05, 4.69) is 146 Å². The minimum absolute atomic E-state index is 0.928. The van der Waals surface area contributed by atoms with Gasteiger partial charge in [-0.1, -0.05) is 109 Å². The van der Waals surface area contributed by atoms with Gasteiger partial charge in [0, 0.05) is 42.1 Å². The largest absolute Gasteiger partial charge is 0.245 e. The molecule has 0 atom stereocenters. The van der Waals surface area contributed by atoms with Crippen molar-refractivity contribution in [2.75, 3.05) is 0 Å². The van der Waals surface area contributed by atoms with Crippen molar-refractivity contribution in [2.24, 2.45) is 0 Å². The normalized spacial score (nSPS) is 12.0. The van der Waals surface area contributed by atoms with Crippen LogP contribution in [0, 0.1) is 0 Å². The maximum absolute atomic E-state index is 5.28. The van der Waals surface area contributed by atoms with E-state index in [1.807, 2.05) is 11.3 Å². The summed E-state index contributed by atoms with van der Waals surface area (Å²) in [5.74, 6) is 0. The third-order valence-electron chi connectivity index (χ3n) is 9.23. The van der Waals surface area contributed by atoms with E-state index in [0.717, 1.165) is 44.3 Å². The van der Waals surface area contributed by atoms with Gasteiger partial charge in [-0.2, -0.15) is 0 Å². The van der Waals surface area contributed by atoms with Crippen LogP contribution in [0.5, 0.6) is 0 Å². The number of benzene rings is 7. The van der Waals surface area contributed by atoms with Gasteiger partial charge < -0.3 is 0 Å². The zero-order valence-electron chi connectivity index (χ0n) is 24.2. The Morgan fingerprint density at radius 2 is 0.778 bits per heavy atom. The molecule has 3 aromatic heterocycles. The summed E-state index contributed by atoms with van der Waals surface area (Å²) < 4.78 is 2.61. The predicted octanol–water partition coefficient (Wildman–Crippen LogP) is 11.9. The van der Waals surface area contributed by atoms with Gasteiger partial charge >= 0.3 is 0 Å². The topological polar surface area (TPSA) is 25.8 Å². The fraction of sp³-hybridized carbons (Fsp3) is 0. The number of hydrogen-bond acceptors (Lipinski definition) is 3. The molecule has 10 rings (SSSR count). The lowest BCUT2D eigenvalue weighted by molar-refractivity contribution is 1.37. The summed E-state index contributed by atoms with van der Waals surface area (Å²) in [5.41, 5.74) is 6.00. The molecular weight excluding hydrogens is 565 g/mol. The smallest absolute Gasteiger partial charge is 0.0972 e. The lowest BCUT2D eigenvalue weighted by atomic mass is 9.93. The summed E-state index contributed by atoms with van der Waals surface area (Å²) in [6, 6.07) is 52.5. The summed E-state index contributed by atoms with van der Waals surface area (Å²) in [7, 11) is 0. The maximum Gasteiger partial charge on any atom is 0.0972 e. The highest BCUT2D eigenvalue weighted by Crippen LogP contribution is 2.39. The molecule has 0 unspecified atom stereocenters. The van der Waals surface area contributed by atoms with Gasteiger partial charge in [-0.05, 0) is 68.7 Å². The van der Waals surface area contributed by atoms with E-state index in [-0.39, 0.29) is 0 Å². The van der Waals surface area contributed by atoms with Crippen molar-refractivity contribution in [3.8, 4) is 22.5 Å². The van der Waals surface area contributed by atoms with E-state index in [0.29, 0.717) is 0 Å². The highest BCUT2D eigenvalue weighted by molar-refractivity contribution is 7.25. The molecule has 0 amide bonds. The highest BCUT2D eigenvalue weighted by atomic mass is 32.1. The molecule has 0 aliphatic heterocycles. The Hall–Kier alpha value is -5.64. The second kappa shape index (κ2) is 9.43. The minimum Gasteiger partial charge on any atom is -0.245 e. The molecule has 7 aromatic carbocycles. The van der Waals surface area contributed by atoms with Crippen LogP contribution in [0.4, 0.5) is 0 Å². The second-order valence-electron chi connectivity index (χ2n) is 11.8. The van der Waals surface area contributed by atoms with E-state index in [9.17, 15) is 0 Å². The van der Waals surface area contributed by atoms with E-state index < -0.39 is 0 Å². The second-order valence-corrected chi connectivity index (χ2v) is 12.8. The molecule has 0 fully saturated rings. The maximum atomic E-state index is 5.28. The number of rotatable bonds is 2. The molecule has 10 aromatic rings. The van der Waals surface area contributed by atoms with Crippen molar-refractivity contribution < 1.29 is 0 Å². The van der Waals surface area contributed by atoms with Crippen LogP contribution in [0.25, 0.3) is 96.8 Å². The quantitative estimate of drug-likeness (QED) is 0.188. The molecule has 0 radical (unpaired) electrons.